The Morgan fingerprint density at radius 1 is 1.21 bits per heavy atom. The van der Waals surface area contributed by atoms with Crippen LogP contribution in [0, 0.1) is 5.82 Å². The van der Waals surface area contributed by atoms with Crippen molar-refractivity contribution in [2.24, 2.45) is 0 Å². The lowest BCUT2D eigenvalue weighted by Gasteiger charge is -2.07. The van der Waals surface area contributed by atoms with Crippen LogP contribution in [0.2, 0.25) is 0 Å². The molecule has 0 fully saturated rings. The Morgan fingerprint density at radius 2 is 2.07 bits per heavy atom. The highest BCUT2D eigenvalue weighted by molar-refractivity contribution is 9.10. The van der Waals surface area contributed by atoms with Crippen molar-refractivity contribution in [1.82, 2.24) is 9.97 Å². The number of nitrogens with zero attached hydrogens (tertiary/aromatic N) is 2. The molecule has 0 saturated heterocycles. The molecule has 0 aliphatic heterocycles. The molecule has 0 saturated carbocycles. The molecule has 0 bridgehead atoms. The fourth-order valence-corrected chi connectivity index (χ4v) is 3.12. The minimum atomic E-state index is -0.390. The molecule has 0 aliphatic rings. The van der Waals surface area contributed by atoms with Crippen LogP contribution in [0.25, 0.3) is 22.6 Å². The van der Waals surface area contributed by atoms with Gasteiger partial charge in [0, 0.05) is 16.4 Å². The topological polar surface area (TPSA) is 77.2 Å². The standard InChI is InChI=1S/C20H13BrFN3O3/c1-27-19-13(3-2-8-23-19)18(26)24-12-5-7-17-16(10-12)25-20(28-17)14-9-11(22)4-6-15(14)21/h2-10H,1H3,(H,24,26). The third-order valence-electron chi connectivity index (χ3n) is 4.01. The largest absolute Gasteiger partial charge is 0.480 e. The molecule has 0 radical (unpaired) electrons. The van der Waals surface area contributed by atoms with Crippen molar-refractivity contribution in [2.75, 3.05) is 12.4 Å². The van der Waals surface area contributed by atoms with E-state index in [9.17, 15) is 9.18 Å². The van der Waals surface area contributed by atoms with Gasteiger partial charge in [0.05, 0.1) is 12.7 Å². The first kappa shape index (κ1) is 18.1. The summed E-state index contributed by atoms with van der Waals surface area (Å²) in [7, 11) is 1.45. The minimum Gasteiger partial charge on any atom is -0.480 e. The fraction of sp³-hybridized carbons (Fsp3) is 0.0500. The normalized spacial score (nSPS) is 10.8. The van der Waals surface area contributed by atoms with Gasteiger partial charge in [-0.3, -0.25) is 4.79 Å². The molecule has 140 valence electrons. The Bertz CT molecular complexity index is 1190. The molecule has 2 aromatic carbocycles. The summed E-state index contributed by atoms with van der Waals surface area (Å²) in [5.74, 6) is -0.237. The molecule has 8 heteroatoms. The highest BCUT2D eigenvalue weighted by atomic mass is 79.9. The van der Waals surface area contributed by atoms with Crippen molar-refractivity contribution in [1.29, 1.82) is 0 Å². The SMILES string of the molecule is COc1ncccc1C(=O)Nc1ccc2oc(-c3cc(F)ccc3Br)nc2c1. The quantitative estimate of drug-likeness (QED) is 0.479. The maximum atomic E-state index is 13.6. The lowest BCUT2D eigenvalue weighted by molar-refractivity contribution is 0.102. The second-order valence-electron chi connectivity index (χ2n) is 5.84. The summed E-state index contributed by atoms with van der Waals surface area (Å²) in [6.07, 6.45) is 1.54. The predicted octanol–water partition coefficient (Wildman–Crippen LogP) is 5.05. The highest BCUT2D eigenvalue weighted by Crippen LogP contribution is 2.31. The van der Waals surface area contributed by atoms with E-state index in [1.807, 2.05) is 0 Å². The zero-order chi connectivity index (χ0) is 19.7. The van der Waals surface area contributed by atoms with E-state index in [0.717, 1.165) is 0 Å². The Labute approximate surface area is 167 Å². The van der Waals surface area contributed by atoms with Crippen LogP contribution in [0.1, 0.15) is 10.4 Å². The van der Waals surface area contributed by atoms with Crippen LogP contribution >= 0.6 is 15.9 Å². The van der Waals surface area contributed by atoms with Gasteiger partial charge in [0.2, 0.25) is 11.8 Å². The number of hydrogen-bond acceptors (Lipinski definition) is 5. The molecule has 28 heavy (non-hydrogen) atoms. The van der Waals surface area contributed by atoms with E-state index in [0.29, 0.717) is 32.4 Å². The molecule has 1 amide bonds. The molecular weight excluding hydrogens is 429 g/mol. The first-order chi connectivity index (χ1) is 13.5. The number of fused-ring (bicyclic) bond motifs is 1. The van der Waals surface area contributed by atoms with Crippen LogP contribution < -0.4 is 10.1 Å². The van der Waals surface area contributed by atoms with Crippen molar-refractivity contribution in [2.45, 2.75) is 0 Å². The molecular formula is C20H13BrFN3O3. The smallest absolute Gasteiger partial charge is 0.261 e. The van der Waals surface area contributed by atoms with E-state index in [4.69, 9.17) is 9.15 Å². The molecule has 4 aromatic rings. The third-order valence-corrected chi connectivity index (χ3v) is 4.70. The number of oxazole rings is 1. The third kappa shape index (κ3) is 3.46. The van der Waals surface area contributed by atoms with E-state index in [-0.39, 0.29) is 23.5 Å². The number of carbonyl (C=O) groups is 1. The van der Waals surface area contributed by atoms with Crippen molar-refractivity contribution >= 4 is 38.6 Å². The monoisotopic (exact) mass is 441 g/mol. The number of aromatic nitrogens is 2. The average Bonchev–Trinajstić information content (AvgIpc) is 3.12. The molecule has 0 spiro atoms. The molecule has 0 aliphatic carbocycles. The van der Waals surface area contributed by atoms with Gasteiger partial charge in [-0.15, -0.1) is 0 Å². The predicted molar refractivity (Wildman–Crippen MR) is 106 cm³/mol. The Balaban J connectivity index is 1.65. The van der Waals surface area contributed by atoms with Gasteiger partial charge in [0.25, 0.3) is 5.91 Å². The number of ether oxygens (including phenoxy) is 1. The second-order valence-corrected chi connectivity index (χ2v) is 6.69. The van der Waals surface area contributed by atoms with Crippen LogP contribution in [0.4, 0.5) is 10.1 Å². The number of amides is 1. The maximum absolute atomic E-state index is 13.6. The van der Waals surface area contributed by atoms with E-state index < -0.39 is 0 Å². The lowest BCUT2D eigenvalue weighted by atomic mass is 10.2. The highest BCUT2D eigenvalue weighted by Gasteiger charge is 2.15. The number of carbonyl (C=O) groups excluding carboxylic acids is 1. The summed E-state index contributed by atoms with van der Waals surface area (Å²) >= 11 is 3.37. The second kappa shape index (κ2) is 7.40. The van der Waals surface area contributed by atoms with Crippen LogP contribution in [0.5, 0.6) is 5.88 Å². The van der Waals surface area contributed by atoms with Crippen molar-refractivity contribution < 1.29 is 18.3 Å². The number of hydrogen-bond donors (Lipinski definition) is 1. The number of halogens is 2. The van der Waals surface area contributed by atoms with E-state index in [1.165, 1.54) is 19.2 Å². The first-order valence-electron chi connectivity index (χ1n) is 8.21. The molecule has 2 heterocycles. The van der Waals surface area contributed by atoms with Crippen LogP contribution in [0.3, 0.4) is 0 Å². The number of pyridine rings is 1. The van der Waals surface area contributed by atoms with Gasteiger partial charge in [-0.25, -0.2) is 14.4 Å². The summed E-state index contributed by atoms with van der Waals surface area (Å²) in [5.41, 5.74) is 2.39. The van der Waals surface area contributed by atoms with Gasteiger partial charge in [0.1, 0.15) is 16.9 Å². The summed E-state index contributed by atoms with van der Waals surface area (Å²) in [4.78, 5) is 20.9. The van der Waals surface area contributed by atoms with E-state index >= 15 is 0 Å². The van der Waals surface area contributed by atoms with Crippen LogP contribution in [0.15, 0.2) is 63.6 Å². The van der Waals surface area contributed by atoms with Crippen molar-refractivity contribution in [3.05, 3.63) is 70.6 Å². The van der Waals surface area contributed by atoms with Gasteiger partial charge in [-0.2, -0.15) is 0 Å². The van der Waals surface area contributed by atoms with E-state index in [1.54, 1.807) is 42.6 Å². The Hall–Kier alpha value is -3.26. The zero-order valence-corrected chi connectivity index (χ0v) is 16.2. The van der Waals surface area contributed by atoms with Gasteiger partial charge in [-0.05, 0) is 64.5 Å². The molecule has 0 atom stereocenters. The summed E-state index contributed by atoms with van der Waals surface area (Å²) in [6, 6.07) is 12.6. The number of anilines is 1. The first-order valence-corrected chi connectivity index (χ1v) is 9.01. The number of methoxy groups -OCH3 is 1. The average molecular weight is 442 g/mol. The molecule has 0 unspecified atom stereocenters. The van der Waals surface area contributed by atoms with Crippen LogP contribution in [-0.2, 0) is 0 Å². The Morgan fingerprint density at radius 3 is 2.89 bits per heavy atom. The van der Waals surface area contributed by atoms with Gasteiger partial charge < -0.3 is 14.5 Å². The van der Waals surface area contributed by atoms with Crippen LogP contribution in [-0.4, -0.2) is 23.0 Å². The van der Waals surface area contributed by atoms with Gasteiger partial charge in [0.15, 0.2) is 5.58 Å². The molecule has 1 N–H and O–H groups in total. The number of nitrogens with one attached hydrogen (secondary N) is 1. The van der Waals surface area contributed by atoms with E-state index in [2.05, 4.69) is 31.2 Å². The molecule has 6 nitrogen and oxygen atoms in total. The number of rotatable bonds is 4. The summed E-state index contributed by atoms with van der Waals surface area (Å²) in [6.45, 7) is 0. The van der Waals surface area contributed by atoms with Gasteiger partial charge >= 0.3 is 0 Å². The van der Waals surface area contributed by atoms with Gasteiger partial charge in [-0.1, -0.05) is 0 Å². The minimum absolute atomic E-state index is 0.237. The zero-order valence-electron chi connectivity index (χ0n) is 14.6. The maximum Gasteiger partial charge on any atom is 0.261 e. The summed E-state index contributed by atoms with van der Waals surface area (Å²) < 4.78 is 25.1. The number of benzene rings is 2. The molecule has 2 aromatic heterocycles. The Kier molecular flexibility index (Phi) is 4.79. The molecule has 4 rings (SSSR count). The summed E-state index contributed by atoms with van der Waals surface area (Å²) in [5, 5.41) is 2.78. The fourth-order valence-electron chi connectivity index (χ4n) is 2.71. The van der Waals surface area contributed by atoms with Crippen molar-refractivity contribution in [3.63, 3.8) is 0 Å². The lowest BCUT2D eigenvalue weighted by Crippen LogP contribution is -2.13. The van der Waals surface area contributed by atoms with Crippen molar-refractivity contribution in [3.8, 4) is 17.3 Å².